The lowest BCUT2D eigenvalue weighted by atomic mass is 9.81. The van der Waals surface area contributed by atoms with Crippen molar-refractivity contribution in [3.63, 3.8) is 0 Å². The molecule has 1 aromatic heterocycles. The zero-order chi connectivity index (χ0) is 29.6. The fourth-order valence-electron chi connectivity index (χ4n) is 4.02. The van der Waals surface area contributed by atoms with Crippen LogP contribution in [0.3, 0.4) is 0 Å². The lowest BCUT2D eigenvalue weighted by Gasteiger charge is -2.28. The smallest absolute Gasteiger partial charge is 0.335 e. The molecule has 3 aromatic carbocycles. The highest BCUT2D eigenvalue weighted by Crippen LogP contribution is 2.39. The first-order valence-corrected chi connectivity index (χ1v) is 14.2. The molecule has 14 heteroatoms. The molecule has 1 heterocycles. The van der Waals surface area contributed by atoms with Crippen molar-refractivity contribution >= 4 is 39.4 Å². The first kappa shape index (κ1) is 29.6. The molecule has 0 aliphatic rings. The van der Waals surface area contributed by atoms with Crippen LogP contribution in [0.2, 0.25) is 5.02 Å². The molecule has 40 heavy (non-hydrogen) atoms. The molecule has 0 unspecified atom stereocenters. The highest BCUT2D eigenvalue weighted by Gasteiger charge is 2.31. The van der Waals surface area contributed by atoms with Gasteiger partial charge in [0.15, 0.2) is 16.8 Å². The minimum absolute atomic E-state index is 0.127. The Morgan fingerprint density at radius 2 is 1.68 bits per heavy atom. The molecular formula is C26H20ClF4N3O4S2. The molecule has 4 rings (SSSR count). The van der Waals surface area contributed by atoms with Crippen LogP contribution in [0, 0.1) is 23.3 Å². The fourth-order valence-corrected chi connectivity index (χ4v) is 6.12. The molecule has 0 fully saturated rings. The van der Waals surface area contributed by atoms with Crippen molar-refractivity contribution < 1.29 is 35.9 Å². The van der Waals surface area contributed by atoms with Gasteiger partial charge in [-0.05, 0) is 42.0 Å². The van der Waals surface area contributed by atoms with Gasteiger partial charge in [-0.2, -0.15) is 0 Å². The van der Waals surface area contributed by atoms with E-state index in [2.05, 4.69) is 4.98 Å². The molecule has 0 bridgehead atoms. The maximum absolute atomic E-state index is 14.6. The van der Waals surface area contributed by atoms with E-state index in [1.807, 2.05) is 0 Å². The van der Waals surface area contributed by atoms with Crippen LogP contribution in [0.15, 0.2) is 64.8 Å². The van der Waals surface area contributed by atoms with Gasteiger partial charge >= 0.3 is 5.97 Å². The third kappa shape index (κ3) is 5.73. The maximum atomic E-state index is 14.6. The summed E-state index contributed by atoms with van der Waals surface area (Å²) in [6.07, 6.45) is 1.44. The van der Waals surface area contributed by atoms with E-state index in [-0.39, 0.29) is 26.5 Å². The van der Waals surface area contributed by atoms with Gasteiger partial charge in [-0.1, -0.05) is 43.3 Å². The van der Waals surface area contributed by atoms with Gasteiger partial charge in [0, 0.05) is 22.8 Å². The largest absolute Gasteiger partial charge is 0.478 e. The predicted molar refractivity (Wildman–Crippen MR) is 141 cm³/mol. The number of thioether (sulfide) groups is 1. The number of aromatic carboxylic acids is 1. The van der Waals surface area contributed by atoms with Crippen molar-refractivity contribution in [3.8, 4) is 5.69 Å². The Kier molecular flexibility index (Phi) is 8.05. The number of hydrogen-bond donors (Lipinski definition) is 2. The summed E-state index contributed by atoms with van der Waals surface area (Å²) in [5, 5.41) is 14.3. The minimum atomic E-state index is -4.09. The first-order chi connectivity index (χ1) is 18.6. The Hall–Kier alpha value is -3.39. The second kappa shape index (κ2) is 10.9. The second-order valence-electron chi connectivity index (χ2n) is 9.19. The molecule has 0 saturated heterocycles. The van der Waals surface area contributed by atoms with Crippen molar-refractivity contribution in [2.24, 2.45) is 5.14 Å². The Balaban J connectivity index is 1.82. The lowest BCUT2D eigenvalue weighted by Crippen LogP contribution is -2.23. The molecule has 4 aromatic rings. The molecule has 7 nitrogen and oxygen atoms in total. The fraction of sp³-hybridized carbons (Fsp3) is 0.154. The van der Waals surface area contributed by atoms with Crippen molar-refractivity contribution in [2.45, 2.75) is 35.1 Å². The van der Waals surface area contributed by atoms with Crippen LogP contribution in [0.5, 0.6) is 0 Å². The summed E-state index contributed by atoms with van der Waals surface area (Å²) in [6.45, 7) is 3.50. The van der Waals surface area contributed by atoms with Crippen LogP contribution in [0.1, 0.15) is 41.0 Å². The molecule has 0 atom stereocenters. The van der Waals surface area contributed by atoms with Gasteiger partial charge in [0.25, 0.3) is 0 Å². The van der Waals surface area contributed by atoms with E-state index >= 15 is 0 Å². The highest BCUT2D eigenvalue weighted by atomic mass is 35.5. The molecule has 0 amide bonds. The van der Waals surface area contributed by atoms with E-state index in [1.54, 1.807) is 13.8 Å². The summed E-state index contributed by atoms with van der Waals surface area (Å²) in [5.74, 6) is -6.18. The molecule has 0 radical (unpaired) electrons. The summed E-state index contributed by atoms with van der Waals surface area (Å²) in [4.78, 5) is 15.2. The number of carbonyl (C=O) groups is 1. The number of halogens is 5. The van der Waals surface area contributed by atoms with Gasteiger partial charge in [-0.15, -0.1) is 0 Å². The Morgan fingerprint density at radius 1 is 1.02 bits per heavy atom. The average molecular weight is 614 g/mol. The van der Waals surface area contributed by atoms with E-state index in [0.29, 0.717) is 23.4 Å². The standard InChI is InChI=1S/C26H20ClF4N3O4S2/c1-26(2,14-3-6-22(17(27)9-14)40(32,37)38)23-11-33-25(34(23)15-4-5-18(28)21(31)10-15)39-12-16-19(29)7-13(24(35)36)8-20(16)30/h3-11H,12H2,1-2H3,(H,35,36)(H2,32,37,38). The summed E-state index contributed by atoms with van der Waals surface area (Å²) in [7, 11) is -4.09. The van der Waals surface area contributed by atoms with Gasteiger partial charge in [0.05, 0.1) is 28.2 Å². The number of nitrogens with two attached hydrogens (primary N) is 1. The number of carboxylic acids is 1. The maximum Gasteiger partial charge on any atom is 0.335 e. The minimum Gasteiger partial charge on any atom is -0.478 e. The number of primary sulfonamides is 1. The number of hydrogen-bond acceptors (Lipinski definition) is 5. The summed E-state index contributed by atoms with van der Waals surface area (Å²) in [5.41, 5.74) is -0.841. The van der Waals surface area contributed by atoms with Crippen molar-refractivity contribution in [2.75, 3.05) is 0 Å². The number of nitrogens with zero attached hydrogens (tertiary/aromatic N) is 2. The average Bonchev–Trinajstić information content (AvgIpc) is 3.29. The number of aromatic nitrogens is 2. The molecule has 0 saturated carbocycles. The first-order valence-electron chi connectivity index (χ1n) is 11.3. The number of carboxylic acid groups (broad SMARTS) is 1. The Bertz CT molecular complexity index is 1740. The third-order valence-corrected chi connectivity index (χ3v) is 8.60. The quantitative estimate of drug-likeness (QED) is 0.185. The van der Waals surface area contributed by atoms with Crippen molar-refractivity contribution in [1.29, 1.82) is 0 Å². The van der Waals surface area contributed by atoms with Gasteiger partial charge in [-0.3, -0.25) is 4.57 Å². The number of benzene rings is 3. The monoisotopic (exact) mass is 613 g/mol. The van der Waals surface area contributed by atoms with E-state index in [4.69, 9.17) is 21.8 Å². The van der Waals surface area contributed by atoms with Gasteiger partial charge in [0.2, 0.25) is 10.0 Å². The van der Waals surface area contributed by atoms with Crippen LogP contribution in [-0.4, -0.2) is 29.0 Å². The highest BCUT2D eigenvalue weighted by molar-refractivity contribution is 7.98. The molecule has 210 valence electrons. The topological polar surface area (TPSA) is 115 Å². The van der Waals surface area contributed by atoms with E-state index in [0.717, 1.165) is 23.9 Å². The molecular weight excluding hydrogens is 594 g/mol. The lowest BCUT2D eigenvalue weighted by molar-refractivity contribution is 0.0695. The summed E-state index contributed by atoms with van der Waals surface area (Å²) in [6, 6.07) is 8.69. The zero-order valence-corrected chi connectivity index (χ0v) is 23.1. The van der Waals surface area contributed by atoms with E-state index < -0.39 is 55.8 Å². The zero-order valence-electron chi connectivity index (χ0n) is 20.8. The normalized spacial score (nSPS) is 12.1. The third-order valence-electron chi connectivity index (χ3n) is 6.22. The molecule has 0 spiro atoms. The predicted octanol–water partition coefficient (Wildman–Crippen LogP) is 6.05. The van der Waals surface area contributed by atoms with Crippen molar-refractivity contribution in [1.82, 2.24) is 9.55 Å². The Labute approximate surface area is 235 Å². The summed E-state index contributed by atoms with van der Waals surface area (Å²) >= 11 is 7.08. The van der Waals surface area contributed by atoms with E-state index in [9.17, 15) is 30.8 Å². The Morgan fingerprint density at radius 3 is 2.23 bits per heavy atom. The van der Waals surface area contributed by atoms with Gasteiger partial charge in [0.1, 0.15) is 16.5 Å². The van der Waals surface area contributed by atoms with Crippen LogP contribution >= 0.6 is 23.4 Å². The molecule has 0 aliphatic carbocycles. The van der Waals surface area contributed by atoms with Crippen LogP contribution < -0.4 is 5.14 Å². The second-order valence-corrected chi connectivity index (χ2v) is 12.1. The number of imidazole rings is 1. The molecule has 0 aliphatic heterocycles. The number of rotatable bonds is 8. The van der Waals surface area contributed by atoms with Crippen LogP contribution in [0.25, 0.3) is 5.69 Å². The van der Waals surface area contributed by atoms with Crippen molar-refractivity contribution in [3.05, 3.63) is 105 Å². The molecule has 3 N–H and O–H groups in total. The van der Waals surface area contributed by atoms with E-state index in [1.165, 1.54) is 35.0 Å². The SMILES string of the molecule is CC(C)(c1ccc(S(N)(=O)=O)c(Cl)c1)c1cnc(SCc2c(F)cc(C(=O)O)cc2F)n1-c1ccc(F)c(F)c1. The van der Waals surface area contributed by atoms with Crippen LogP contribution in [0.4, 0.5) is 17.6 Å². The number of sulfonamides is 1. The van der Waals surface area contributed by atoms with Gasteiger partial charge < -0.3 is 5.11 Å². The van der Waals surface area contributed by atoms with Gasteiger partial charge in [-0.25, -0.2) is 40.9 Å². The summed E-state index contributed by atoms with van der Waals surface area (Å²) < 4.78 is 82.2. The van der Waals surface area contributed by atoms with Crippen LogP contribution in [-0.2, 0) is 21.2 Å².